The Hall–Kier alpha value is -4.58. The van der Waals surface area contributed by atoms with E-state index < -0.39 is 29.7 Å². The van der Waals surface area contributed by atoms with Gasteiger partial charge >= 0.3 is 0 Å². The molecule has 0 saturated heterocycles. The van der Waals surface area contributed by atoms with E-state index in [1.54, 1.807) is 97.9 Å². The summed E-state index contributed by atoms with van der Waals surface area (Å²) in [5, 5.41) is 1.20. The van der Waals surface area contributed by atoms with Crippen LogP contribution in [0.4, 0.5) is 0 Å². The Balaban J connectivity index is 0.000000251. The molecule has 13 heteroatoms. The Morgan fingerprint density at radius 2 is 1.26 bits per heavy atom. The Morgan fingerprint density at radius 1 is 0.696 bits per heavy atom. The van der Waals surface area contributed by atoms with Gasteiger partial charge in [-0.3, -0.25) is 40.9 Å². The third-order valence-corrected chi connectivity index (χ3v) is 7.01. The summed E-state index contributed by atoms with van der Waals surface area (Å²) in [5.74, 6) is -0.614. The minimum Gasteiger partial charge on any atom is -0.483 e. The van der Waals surface area contributed by atoms with Gasteiger partial charge in [-0.05, 0) is 98.6 Å². The lowest BCUT2D eigenvalue weighted by molar-refractivity contribution is -0.128. The van der Waals surface area contributed by atoms with Crippen molar-refractivity contribution < 1.29 is 28.7 Å². The van der Waals surface area contributed by atoms with E-state index in [0.29, 0.717) is 32.7 Å². The highest BCUT2D eigenvalue weighted by Gasteiger charge is 2.17. The number of carbonyl (C=O) groups excluding carboxylic acids is 4. The topological polar surface area (TPSA) is 135 Å². The molecule has 240 valence electrons. The normalized spacial score (nSPS) is 10.7. The molecule has 4 rings (SSSR count). The van der Waals surface area contributed by atoms with Crippen LogP contribution in [0.1, 0.15) is 38.8 Å². The number of benzene rings is 4. The lowest BCUT2D eigenvalue weighted by atomic mass is 10.2. The number of hydrazine groups is 2. The molecule has 4 N–H and O–H groups in total. The molecule has 0 radical (unpaired) electrons. The van der Waals surface area contributed by atoms with Gasteiger partial charge in [0, 0.05) is 25.6 Å². The van der Waals surface area contributed by atoms with Crippen LogP contribution < -0.4 is 31.2 Å². The monoisotopic (exact) mass is 728 g/mol. The predicted molar refractivity (Wildman–Crippen MR) is 180 cm³/mol. The molecule has 0 aromatic heterocycles. The van der Waals surface area contributed by atoms with Crippen LogP contribution in [0.25, 0.3) is 0 Å². The second-order valence-corrected chi connectivity index (χ2v) is 11.5. The van der Waals surface area contributed by atoms with Crippen LogP contribution in [0, 0.1) is 13.8 Å². The molecule has 4 aromatic carbocycles. The molecule has 0 bridgehead atoms. The summed E-state index contributed by atoms with van der Waals surface area (Å²) in [6.07, 6.45) is -0.785. The zero-order valence-electron chi connectivity index (χ0n) is 25.0. The van der Waals surface area contributed by atoms with Gasteiger partial charge in [-0.25, -0.2) is 0 Å². The lowest BCUT2D eigenvalue weighted by Crippen LogP contribution is -2.47. The van der Waals surface area contributed by atoms with Gasteiger partial charge in [-0.15, -0.1) is 0 Å². The molecular formula is C33H31BrCl2N4O6. The van der Waals surface area contributed by atoms with Crippen LogP contribution in [0.2, 0.25) is 10.0 Å². The van der Waals surface area contributed by atoms with Gasteiger partial charge in [0.05, 0.1) is 0 Å². The van der Waals surface area contributed by atoms with Gasteiger partial charge in [0.1, 0.15) is 11.5 Å². The Morgan fingerprint density at radius 3 is 1.87 bits per heavy atom. The molecule has 4 aromatic rings. The van der Waals surface area contributed by atoms with E-state index in [1.807, 2.05) is 13.8 Å². The fraction of sp³-hybridized carbons (Fsp3) is 0.152. The van der Waals surface area contributed by atoms with E-state index in [4.69, 9.17) is 32.7 Å². The molecule has 1 atom stereocenters. The van der Waals surface area contributed by atoms with Crippen molar-refractivity contribution >= 4 is 62.8 Å². The van der Waals surface area contributed by atoms with Crippen molar-refractivity contribution in [3.8, 4) is 11.5 Å². The molecule has 0 spiro atoms. The zero-order chi connectivity index (χ0) is 33.6. The Kier molecular flexibility index (Phi) is 13.9. The van der Waals surface area contributed by atoms with E-state index in [9.17, 15) is 19.2 Å². The number of hydrogen-bond acceptors (Lipinski definition) is 6. The second-order valence-electron chi connectivity index (χ2n) is 9.69. The maximum absolute atomic E-state index is 12.0. The molecule has 4 amide bonds. The maximum Gasteiger partial charge on any atom is 0.279 e. The van der Waals surface area contributed by atoms with E-state index >= 15 is 0 Å². The van der Waals surface area contributed by atoms with Crippen LogP contribution in [0.15, 0.2) is 95.5 Å². The number of amides is 4. The lowest BCUT2D eigenvalue weighted by Gasteiger charge is -2.16. The second kappa shape index (κ2) is 17.8. The Bertz CT molecular complexity index is 1690. The van der Waals surface area contributed by atoms with Crippen molar-refractivity contribution in [3.63, 3.8) is 0 Å². The predicted octanol–water partition coefficient (Wildman–Crippen LogP) is 6.13. The van der Waals surface area contributed by atoms with Gasteiger partial charge < -0.3 is 9.47 Å². The number of ether oxygens (including phenoxy) is 2. The SMILES string of the molecule is Cc1cc(Cl)ccc1OC(C)C(=O)NNC(=O)c1cccc(Br)c1.Cc1cc(Cl)ccc1OCC(=O)NNC(=O)c1ccccc1. The highest BCUT2D eigenvalue weighted by molar-refractivity contribution is 9.10. The molecule has 0 fully saturated rings. The summed E-state index contributed by atoms with van der Waals surface area (Å²) in [5.41, 5.74) is 11.8. The number of carbonyl (C=O) groups is 4. The van der Waals surface area contributed by atoms with Crippen molar-refractivity contribution in [3.05, 3.63) is 128 Å². The minimum absolute atomic E-state index is 0.211. The number of halogens is 3. The average molecular weight is 730 g/mol. The first-order valence-corrected chi connectivity index (χ1v) is 15.3. The minimum atomic E-state index is -0.785. The summed E-state index contributed by atoms with van der Waals surface area (Å²) in [6.45, 7) is 5.04. The number of aryl methyl sites for hydroxylation is 2. The van der Waals surface area contributed by atoms with Gasteiger partial charge in [-0.2, -0.15) is 0 Å². The molecule has 10 nitrogen and oxygen atoms in total. The molecule has 0 aliphatic rings. The van der Waals surface area contributed by atoms with Crippen molar-refractivity contribution in [1.82, 2.24) is 21.7 Å². The third-order valence-electron chi connectivity index (χ3n) is 6.04. The zero-order valence-corrected chi connectivity index (χ0v) is 28.1. The number of nitrogens with one attached hydrogen (secondary N) is 4. The number of hydrogen-bond donors (Lipinski definition) is 4. The molecule has 1 unspecified atom stereocenters. The van der Waals surface area contributed by atoms with Crippen LogP contribution in [0.5, 0.6) is 11.5 Å². The van der Waals surface area contributed by atoms with Gasteiger partial charge in [-0.1, -0.05) is 63.4 Å². The summed E-state index contributed by atoms with van der Waals surface area (Å²) in [4.78, 5) is 47.4. The summed E-state index contributed by atoms with van der Waals surface area (Å²) < 4.78 is 11.7. The van der Waals surface area contributed by atoms with Crippen molar-refractivity contribution in [2.45, 2.75) is 26.9 Å². The van der Waals surface area contributed by atoms with Crippen molar-refractivity contribution in [2.24, 2.45) is 0 Å². The molecule has 0 heterocycles. The number of rotatable bonds is 8. The Labute approximate surface area is 284 Å². The van der Waals surface area contributed by atoms with Crippen LogP contribution >= 0.6 is 39.1 Å². The molecule has 46 heavy (non-hydrogen) atoms. The first kappa shape index (κ1) is 35.9. The highest BCUT2D eigenvalue weighted by Crippen LogP contribution is 2.23. The maximum atomic E-state index is 12.0. The van der Waals surface area contributed by atoms with Crippen LogP contribution in [0.3, 0.4) is 0 Å². The smallest absolute Gasteiger partial charge is 0.279 e. The van der Waals surface area contributed by atoms with Gasteiger partial charge in [0.25, 0.3) is 23.6 Å². The molecule has 0 aliphatic carbocycles. The van der Waals surface area contributed by atoms with Crippen molar-refractivity contribution in [2.75, 3.05) is 6.61 Å². The van der Waals surface area contributed by atoms with Crippen LogP contribution in [-0.2, 0) is 9.59 Å². The quantitative estimate of drug-likeness (QED) is 0.161. The van der Waals surface area contributed by atoms with E-state index in [1.165, 1.54) is 0 Å². The van der Waals surface area contributed by atoms with E-state index in [-0.39, 0.29) is 6.61 Å². The molecule has 0 aliphatic heterocycles. The van der Waals surface area contributed by atoms with Crippen LogP contribution in [-0.4, -0.2) is 36.3 Å². The molecule has 0 saturated carbocycles. The van der Waals surface area contributed by atoms with E-state index in [2.05, 4.69) is 37.6 Å². The first-order chi connectivity index (χ1) is 21.9. The van der Waals surface area contributed by atoms with Crippen molar-refractivity contribution in [1.29, 1.82) is 0 Å². The summed E-state index contributed by atoms with van der Waals surface area (Å²) in [6, 6.07) is 25.6. The fourth-order valence-corrected chi connectivity index (χ4v) is 4.51. The average Bonchev–Trinajstić information content (AvgIpc) is 3.03. The highest BCUT2D eigenvalue weighted by atomic mass is 79.9. The molecular weight excluding hydrogens is 699 g/mol. The fourth-order valence-electron chi connectivity index (χ4n) is 3.65. The van der Waals surface area contributed by atoms with Gasteiger partial charge in [0.2, 0.25) is 0 Å². The third kappa shape index (κ3) is 11.7. The standard InChI is InChI=1S/C17H16BrClN2O3.C16H15ClN2O3/c1-10-8-14(19)6-7-15(10)24-11(2)16(22)20-21-17(23)12-4-3-5-13(18)9-12;1-11-9-13(17)7-8-14(11)22-10-15(20)18-19-16(21)12-5-3-2-4-6-12/h3-9,11H,1-2H3,(H,20,22)(H,21,23);2-9H,10H2,1H3,(H,18,20)(H,19,21). The summed E-state index contributed by atoms with van der Waals surface area (Å²) in [7, 11) is 0. The van der Waals surface area contributed by atoms with Gasteiger partial charge in [0.15, 0.2) is 12.7 Å². The van der Waals surface area contributed by atoms with E-state index in [0.717, 1.165) is 15.6 Å². The largest absolute Gasteiger partial charge is 0.483 e. The summed E-state index contributed by atoms with van der Waals surface area (Å²) >= 11 is 15.0. The first-order valence-electron chi connectivity index (χ1n) is 13.7.